The lowest BCUT2D eigenvalue weighted by atomic mass is 10.1. The van der Waals surface area contributed by atoms with E-state index in [1.54, 1.807) is 24.3 Å². The molecule has 0 spiro atoms. The van der Waals surface area contributed by atoms with Crippen LogP contribution >= 0.6 is 11.6 Å². The van der Waals surface area contributed by atoms with Crippen molar-refractivity contribution in [2.45, 2.75) is 23.7 Å². The highest BCUT2D eigenvalue weighted by Crippen LogP contribution is 2.38. The number of nitrogens with zero attached hydrogens (tertiary/aromatic N) is 2. The summed E-state index contributed by atoms with van der Waals surface area (Å²) >= 11 is 5.89. The number of hydrogen-bond donors (Lipinski definition) is 1. The third kappa shape index (κ3) is 4.63. The van der Waals surface area contributed by atoms with E-state index in [0.717, 1.165) is 23.2 Å². The van der Waals surface area contributed by atoms with E-state index in [4.69, 9.17) is 17.3 Å². The van der Waals surface area contributed by atoms with Crippen LogP contribution in [0.1, 0.15) is 11.1 Å². The van der Waals surface area contributed by atoms with Crippen molar-refractivity contribution in [2.24, 2.45) is 5.73 Å². The molecule has 1 aromatic heterocycles. The molecule has 0 saturated heterocycles. The quantitative estimate of drug-likeness (QED) is 0.530. The second-order valence-electron chi connectivity index (χ2n) is 7.67. The largest absolute Gasteiger partial charge is 0.416 e. The van der Waals surface area contributed by atoms with Gasteiger partial charge in [0.05, 0.1) is 40.2 Å². The average Bonchev–Trinajstić information content (AvgIpc) is 2.83. The predicted octanol–water partition coefficient (Wildman–Crippen LogP) is 4.21. The zero-order valence-corrected chi connectivity index (χ0v) is 18.8. The fourth-order valence-corrected chi connectivity index (χ4v) is 5.30. The minimum absolute atomic E-state index is 0.132. The minimum atomic E-state index is -4.70. The molecule has 1 amide bonds. The lowest BCUT2D eigenvalue weighted by Gasteiger charge is -2.25. The molecule has 0 fully saturated rings. The third-order valence-corrected chi connectivity index (χ3v) is 7.32. The molecule has 2 heterocycles. The van der Waals surface area contributed by atoms with Crippen molar-refractivity contribution in [3.8, 4) is 11.3 Å². The Hall–Kier alpha value is -3.02. The summed E-state index contributed by atoms with van der Waals surface area (Å²) in [6.07, 6.45) is -3.83. The van der Waals surface area contributed by atoms with Crippen molar-refractivity contribution in [2.75, 3.05) is 10.7 Å². The van der Waals surface area contributed by atoms with Crippen LogP contribution in [-0.2, 0) is 27.4 Å². The number of amides is 1. The number of anilines is 1. The molecule has 0 saturated carbocycles. The second-order valence-corrected chi connectivity index (χ2v) is 10.1. The predicted molar refractivity (Wildman–Crippen MR) is 117 cm³/mol. The van der Waals surface area contributed by atoms with Gasteiger partial charge in [0, 0.05) is 16.8 Å². The van der Waals surface area contributed by atoms with Gasteiger partial charge in [0.1, 0.15) is 5.82 Å². The molecule has 6 nitrogen and oxygen atoms in total. The first-order valence-electron chi connectivity index (χ1n) is 9.78. The number of hydrogen-bond acceptors (Lipinski definition) is 5. The SMILES string of the molecule is N[C@H]1CS(=O)(=O)c2cc(F)c(-c3cc(C(F)(F)F)ccn3)cc2N(Cc2ccc(Cl)cc2)C1=O. The number of alkyl halides is 3. The lowest BCUT2D eigenvalue weighted by molar-refractivity contribution is -0.137. The van der Waals surface area contributed by atoms with E-state index in [1.165, 1.54) is 0 Å². The van der Waals surface area contributed by atoms with Gasteiger partial charge >= 0.3 is 6.18 Å². The number of sulfone groups is 1. The summed E-state index contributed by atoms with van der Waals surface area (Å²) in [6.45, 7) is -0.132. The van der Waals surface area contributed by atoms with Crippen molar-refractivity contribution in [3.05, 3.63) is 76.7 Å². The number of halogens is 5. The monoisotopic (exact) mass is 513 g/mol. The van der Waals surface area contributed by atoms with Gasteiger partial charge in [-0.25, -0.2) is 12.8 Å². The molecule has 0 aliphatic carbocycles. The number of benzene rings is 2. The molecule has 12 heteroatoms. The second kappa shape index (κ2) is 8.64. The summed E-state index contributed by atoms with van der Waals surface area (Å²) in [6, 6.07) is 8.00. The highest BCUT2D eigenvalue weighted by atomic mass is 35.5. The number of fused-ring (bicyclic) bond motifs is 1. The van der Waals surface area contributed by atoms with Gasteiger partial charge in [0.25, 0.3) is 0 Å². The molecular weight excluding hydrogens is 498 g/mol. The molecule has 0 radical (unpaired) electrons. The number of rotatable bonds is 3. The van der Waals surface area contributed by atoms with Crippen LogP contribution in [0.5, 0.6) is 0 Å². The van der Waals surface area contributed by atoms with Crippen molar-refractivity contribution in [1.29, 1.82) is 0 Å². The highest BCUT2D eigenvalue weighted by Gasteiger charge is 2.37. The number of pyridine rings is 1. The van der Waals surface area contributed by atoms with Gasteiger partial charge < -0.3 is 10.6 Å². The summed E-state index contributed by atoms with van der Waals surface area (Å²) < 4.78 is 80.3. The Labute approximate surface area is 196 Å². The Bertz CT molecular complexity index is 1380. The summed E-state index contributed by atoms with van der Waals surface area (Å²) in [4.78, 5) is 17.4. The molecule has 2 N–H and O–H groups in total. The Morgan fingerprint density at radius 3 is 2.44 bits per heavy atom. The lowest BCUT2D eigenvalue weighted by Crippen LogP contribution is -2.45. The maximum absolute atomic E-state index is 15.0. The Morgan fingerprint density at radius 2 is 1.79 bits per heavy atom. The molecule has 2 aromatic carbocycles. The number of nitrogens with two attached hydrogens (primary N) is 1. The van der Waals surface area contributed by atoms with Crippen LogP contribution < -0.4 is 10.6 Å². The average molecular weight is 514 g/mol. The summed E-state index contributed by atoms with van der Waals surface area (Å²) in [7, 11) is -4.19. The maximum atomic E-state index is 15.0. The standard InChI is InChI=1S/C22H16ClF4N3O3S/c23-14-3-1-12(2-4-14)10-30-19-8-15(18-7-13(5-6-29-18)22(25,26)27)16(24)9-20(19)34(32,33)11-17(28)21(30)31/h1-9,17H,10-11,28H2/t17-/m0/s1. The summed E-state index contributed by atoms with van der Waals surface area (Å²) in [5.41, 5.74) is 4.36. The van der Waals surface area contributed by atoms with Gasteiger partial charge in [-0.2, -0.15) is 13.2 Å². The van der Waals surface area contributed by atoms with E-state index in [1.807, 2.05) is 0 Å². The fourth-order valence-electron chi connectivity index (χ4n) is 3.61. The molecule has 3 aromatic rings. The van der Waals surface area contributed by atoms with E-state index >= 15 is 4.39 Å². The van der Waals surface area contributed by atoms with Gasteiger partial charge in [0.2, 0.25) is 5.91 Å². The van der Waals surface area contributed by atoms with Crippen LogP contribution in [-0.4, -0.2) is 31.1 Å². The smallest absolute Gasteiger partial charge is 0.319 e. The normalized spacial score (nSPS) is 17.9. The number of carbonyl (C=O) groups is 1. The Kier molecular flexibility index (Phi) is 6.13. The first-order valence-corrected chi connectivity index (χ1v) is 11.8. The topological polar surface area (TPSA) is 93.4 Å². The molecule has 1 aliphatic rings. The number of aromatic nitrogens is 1. The molecule has 0 unspecified atom stereocenters. The van der Waals surface area contributed by atoms with Crippen LogP contribution in [0, 0.1) is 5.82 Å². The van der Waals surface area contributed by atoms with E-state index in [2.05, 4.69) is 4.98 Å². The van der Waals surface area contributed by atoms with Gasteiger partial charge in [-0.1, -0.05) is 23.7 Å². The van der Waals surface area contributed by atoms with E-state index in [0.29, 0.717) is 22.7 Å². The van der Waals surface area contributed by atoms with Crippen LogP contribution in [0.4, 0.5) is 23.2 Å². The molecule has 34 heavy (non-hydrogen) atoms. The van der Waals surface area contributed by atoms with Crippen LogP contribution in [0.3, 0.4) is 0 Å². The third-order valence-electron chi connectivity index (χ3n) is 5.27. The molecule has 4 rings (SSSR count). The van der Waals surface area contributed by atoms with Crippen LogP contribution in [0.25, 0.3) is 11.3 Å². The number of carbonyl (C=O) groups excluding carboxylic acids is 1. The Balaban J connectivity index is 1.92. The van der Waals surface area contributed by atoms with Crippen molar-refractivity contribution in [3.63, 3.8) is 0 Å². The molecule has 178 valence electrons. The first-order chi connectivity index (χ1) is 15.9. The van der Waals surface area contributed by atoms with Crippen molar-refractivity contribution >= 4 is 33.0 Å². The molecular formula is C22H16ClF4N3O3S. The Morgan fingerprint density at radius 1 is 1.12 bits per heavy atom. The summed E-state index contributed by atoms with van der Waals surface area (Å²) in [5, 5.41) is 0.436. The maximum Gasteiger partial charge on any atom is 0.416 e. The molecule has 0 bridgehead atoms. The highest BCUT2D eigenvalue weighted by molar-refractivity contribution is 7.91. The van der Waals surface area contributed by atoms with E-state index in [-0.39, 0.29) is 17.9 Å². The fraction of sp³-hybridized carbons (Fsp3) is 0.182. The van der Waals surface area contributed by atoms with Crippen molar-refractivity contribution < 1.29 is 30.8 Å². The van der Waals surface area contributed by atoms with Crippen molar-refractivity contribution in [1.82, 2.24) is 4.98 Å². The minimum Gasteiger partial charge on any atom is -0.319 e. The van der Waals surface area contributed by atoms with Gasteiger partial charge in [-0.15, -0.1) is 0 Å². The molecule has 1 aliphatic heterocycles. The van der Waals surface area contributed by atoms with Gasteiger partial charge in [-0.05, 0) is 42.0 Å². The van der Waals surface area contributed by atoms with Crippen LogP contribution in [0.2, 0.25) is 5.02 Å². The van der Waals surface area contributed by atoms with Crippen LogP contribution in [0.15, 0.2) is 59.6 Å². The van der Waals surface area contributed by atoms with Gasteiger partial charge in [-0.3, -0.25) is 9.78 Å². The first kappa shape index (κ1) is 24.1. The van der Waals surface area contributed by atoms with E-state index in [9.17, 15) is 26.4 Å². The van der Waals surface area contributed by atoms with E-state index < -0.39 is 55.6 Å². The zero-order chi connectivity index (χ0) is 24.8. The molecule has 1 atom stereocenters. The van der Waals surface area contributed by atoms with Gasteiger partial charge in [0.15, 0.2) is 9.84 Å². The zero-order valence-electron chi connectivity index (χ0n) is 17.2. The summed E-state index contributed by atoms with van der Waals surface area (Å²) in [5.74, 6) is -2.60.